The number of carbonyl (C=O) groups is 2. The number of nitrogens with zero attached hydrogens (tertiary/aromatic N) is 1. The number of para-hydroxylation sites is 1. The van der Waals surface area contributed by atoms with Crippen molar-refractivity contribution in [2.75, 3.05) is 25.0 Å². The maximum atomic E-state index is 12.5. The third-order valence-electron chi connectivity index (χ3n) is 5.24. The topological polar surface area (TPSA) is 63.5 Å². The van der Waals surface area contributed by atoms with Gasteiger partial charge in [0.1, 0.15) is 5.01 Å². The molecular weight excluding hydrogens is 370 g/mol. The fourth-order valence-corrected chi connectivity index (χ4v) is 4.94. The maximum absolute atomic E-state index is 12.5. The summed E-state index contributed by atoms with van der Waals surface area (Å²) in [6.07, 6.45) is 2.23. The minimum atomic E-state index is -0.0133. The summed E-state index contributed by atoms with van der Waals surface area (Å²) in [4.78, 5) is 30.1. The Morgan fingerprint density at radius 2 is 2.07 bits per heavy atom. The van der Waals surface area contributed by atoms with Crippen molar-refractivity contribution in [1.29, 1.82) is 0 Å². The van der Waals surface area contributed by atoms with Crippen LogP contribution >= 0.6 is 11.3 Å². The molecule has 144 valence electrons. The lowest BCUT2D eigenvalue weighted by Gasteiger charge is -2.28. The molecule has 1 saturated heterocycles. The number of Topliss-reactive ketones (excluding diaryl/α,β-unsaturated/α-hetero) is 1. The molecule has 1 aliphatic heterocycles. The average Bonchev–Trinajstić information content (AvgIpc) is 3.12. The number of likely N-dealkylation sites (tertiary alicyclic amines) is 1. The maximum Gasteiger partial charge on any atom is 0.279 e. The zero-order chi connectivity index (χ0) is 19.5. The van der Waals surface area contributed by atoms with Gasteiger partial charge in [-0.05, 0) is 44.0 Å². The van der Waals surface area contributed by atoms with Gasteiger partial charge in [0.15, 0.2) is 12.3 Å². The number of rotatable bonds is 5. The van der Waals surface area contributed by atoms with Gasteiger partial charge < -0.3 is 10.2 Å². The molecule has 6 heteroatoms. The van der Waals surface area contributed by atoms with Crippen LogP contribution in [0, 0.1) is 0 Å². The van der Waals surface area contributed by atoms with E-state index in [0.717, 1.165) is 31.4 Å². The van der Waals surface area contributed by atoms with Gasteiger partial charge in [-0.1, -0.05) is 24.3 Å². The quantitative estimate of drug-likeness (QED) is 0.654. The van der Waals surface area contributed by atoms with Gasteiger partial charge in [0, 0.05) is 11.3 Å². The van der Waals surface area contributed by atoms with E-state index < -0.39 is 0 Å². The zero-order valence-electron chi connectivity index (χ0n) is 15.9. The van der Waals surface area contributed by atoms with Crippen molar-refractivity contribution in [3.63, 3.8) is 0 Å². The summed E-state index contributed by atoms with van der Waals surface area (Å²) in [5, 5.41) is 4.12. The molecule has 4 rings (SSSR count). The molecule has 0 bridgehead atoms. The molecule has 1 unspecified atom stereocenters. The van der Waals surface area contributed by atoms with Crippen LogP contribution in [0.5, 0.6) is 0 Å². The molecule has 0 aliphatic carbocycles. The molecule has 2 aromatic carbocycles. The van der Waals surface area contributed by atoms with E-state index in [1.807, 2.05) is 18.2 Å². The van der Waals surface area contributed by atoms with E-state index in [1.165, 1.54) is 21.5 Å². The van der Waals surface area contributed by atoms with E-state index in [9.17, 15) is 9.59 Å². The van der Waals surface area contributed by atoms with Crippen LogP contribution in [-0.4, -0.2) is 36.3 Å². The first-order valence-electron chi connectivity index (χ1n) is 9.68. The molecule has 1 amide bonds. The van der Waals surface area contributed by atoms with Gasteiger partial charge in [0.2, 0.25) is 0 Å². The number of piperidine rings is 1. The first-order chi connectivity index (χ1) is 13.6. The first-order valence-corrected chi connectivity index (χ1v) is 10.5. The summed E-state index contributed by atoms with van der Waals surface area (Å²) < 4.78 is 1.23. The fraction of sp³-hybridized carbons (Fsp3) is 0.318. The summed E-state index contributed by atoms with van der Waals surface area (Å²) in [5.41, 5.74) is 2.36. The van der Waals surface area contributed by atoms with Crippen molar-refractivity contribution in [2.24, 2.45) is 0 Å². The summed E-state index contributed by atoms with van der Waals surface area (Å²) in [6, 6.07) is 15.4. The normalized spacial score (nSPS) is 19.5. The van der Waals surface area contributed by atoms with E-state index in [1.54, 1.807) is 29.5 Å². The minimum Gasteiger partial charge on any atom is -0.327 e. The van der Waals surface area contributed by atoms with Crippen LogP contribution in [0.3, 0.4) is 0 Å². The highest BCUT2D eigenvalue weighted by Gasteiger charge is 2.28. The van der Waals surface area contributed by atoms with Crippen LogP contribution in [0.2, 0.25) is 0 Å². The number of fused-ring (bicyclic) bond motifs is 1. The molecule has 2 atom stereocenters. The van der Waals surface area contributed by atoms with Crippen LogP contribution < -0.4 is 10.2 Å². The number of ketones is 1. The number of hydrogen-bond acceptors (Lipinski definition) is 4. The van der Waals surface area contributed by atoms with Crippen LogP contribution in [0.1, 0.15) is 41.0 Å². The summed E-state index contributed by atoms with van der Waals surface area (Å²) in [6.45, 7) is 3.90. The van der Waals surface area contributed by atoms with E-state index in [0.29, 0.717) is 23.7 Å². The van der Waals surface area contributed by atoms with Crippen molar-refractivity contribution in [3.8, 4) is 0 Å². The highest BCUT2D eigenvalue weighted by molar-refractivity contribution is 7.18. The molecule has 1 aromatic heterocycles. The molecule has 28 heavy (non-hydrogen) atoms. The second-order valence-corrected chi connectivity index (χ2v) is 8.49. The molecule has 2 heterocycles. The number of amides is 1. The monoisotopic (exact) mass is 394 g/mol. The number of hydrogen-bond donors (Lipinski definition) is 2. The molecular formula is C22H24N3O2S+. The van der Waals surface area contributed by atoms with Crippen molar-refractivity contribution >= 4 is 38.9 Å². The smallest absolute Gasteiger partial charge is 0.279 e. The molecule has 0 radical (unpaired) electrons. The van der Waals surface area contributed by atoms with Crippen LogP contribution in [0.25, 0.3) is 10.2 Å². The van der Waals surface area contributed by atoms with Crippen molar-refractivity contribution in [3.05, 3.63) is 59.1 Å². The number of quaternary nitrogens is 1. The van der Waals surface area contributed by atoms with Crippen LogP contribution in [-0.2, 0) is 4.79 Å². The van der Waals surface area contributed by atoms with Gasteiger partial charge in [-0.25, -0.2) is 4.98 Å². The Bertz CT molecular complexity index is 981. The number of aromatic nitrogens is 1. The standard InChI is InChI=1S/C22H23N3O2S/c1-15(26)16-6-4-8-18(12-16)23-21(27)14-25-11-5-7-17(13-25)22-24-19-9-2-3-10-20(19)28-22/h2-4,6,8-10,12,17H,5,7,11,13-14H2,1H3,(H,23,27)/p+1/t17-/m1/s1. The molecule has 0 saturated carbocycles. The summed E-state index contributed by atoms with van der Waals surface area (Å²) in [7, 11) is 0. The highest BCUT2D eigenvalue weighted by Crippen LogP contribution is 2.30. The first kappa shape index (κ1) is 18.8. The van der Waals surface area contributed by atoms with Crippen molar-refractivity contribution in [1.82, 2.24) is 4.98 Å². The lowest BCUT2D eigenvalue weighted by molar-refractivity contribution is -0.898. The number of nitrogens with one attached hydrogen (secondary N) is 2. The van der Waals surface area contributed by atoms with E-state index >= 15 is 0 Å². The SMILES string of the molecule is CC(=O)c1cccc(NC(=O)C[NH+]2CCC[C@@H](c3nc4ccccc4s3)C2)c1. The summed E-state index contributed by atoms with van der Waals surface area (Å²) in [5.74, 6) is 0.395. The van der Waals surface area contributed by atoms with Crippen molar-refractivity contribution < 1.29 is 14.5 Å². The lowest BCUT2D eigenvalue weighted by atomic mass is 9.99. The van der Waals surface area contributed by atoms with Gasteiger partial charge in [-0.15, -0.1) is 11.3 Å². The molecule has 1 aliphatic rings. The lowest BCUT2D eigenvalue weighted by Crippen LogP contribution is -3.14. The number of benzene rings is 2. The Kier molecular flexibility index (Phi) is 5.50. The zero-order valence-corrected chi connectivity index (χ0v) is 16.7. The van der Waals surface area contributed by atoms with Gasteiger partial charge in [0.25, 0.3) is 5.91 Å². The Hall–Kier alpha value is -2.57. The highest BCUT2D eigenvalue weighted by atomic mass is 32.1. The Balaban J connectivity index is 1.38. The predicted molar refractivity (Wildman–Crippen MR) is 112 cm³/mol. The third kappa shape index (κ3) is 4.29. The Morgan fingerprint density at radius 3 is 2.89 bits per heavy atom. The Labute approximate surface area is 168 Å². The molecule has 5 nitrogen and oxygen atoms in total. The van der Waals surface area contributed by atoms with Gasteiger partial charge >= 0.3 is 0 Å². The van der Waals surface area contributed by atoms with E-state index in [-0.39, 0.29) is 11.7 Å². The molecule has 0 spiro atoms. The van der Waals surface area contributed by atoms with Gasteiger partial charge in [0.05, 0.1) is 29.2 Å². The second-order valence-electron chi connectivity index (χ2n) is 7.43. The van der Waals surface area contributed by atoms with E-state index in [2.05, 4.69) is 17.4 Å². The molecule has 2 N–H and O–H groups in total. The number of thiazole rings is 1. The fourth-order valence-electron chi connectivity index (χ4n) is 3.84. The largest absolute Gasteiger partial charge is 0.327 e. The number of anilines is 1. The van der Waals surface area contributed by atoms with Crippen LogP contribution in [0.4, 0.5) is 5.69 Å². The predicted octanol–water partition coefficient (Wildman–Crippen LogP) is 2.90. The van der Waals surface area contributed by atoms with E-state index in [4.69, 9.17) is 4.98 Å². The minimum absolute atomic E-state index is 0.00330. The molecule has 1 fully saturated rings. The Morgan fingerprint density at radius 1 is 1.21 bits per heavy atom. The summed E-state index contributed by atoms with van der Waals surface area (Å²) >= 11 is 1.77. The second kappa shape index (κ2) is 8.20. The van der Waals surface area contributed by atoms with Gasteiger partial charge in [-0.2, -0.15) is 0 Å². The number of carbonyl (C=O) groups excluding carboxylic acids is 2. The van der Waals surface area contributed by atoms with Crippen molar-refractivity contribution in [2.45, 2.75) is 25.7 Å². The third-order valence-corrected chi connectivity index (χ3v) is 6.44. The average molecular weight is 395 g/mol. The molecule has 3 aromatic rings. The van der Waals surface area contributed by atoms with Crippen LogP contribution in [0.15, 0.2) is 48.5 Å². The van der Waals surface area contributed by atoms with Gasteiger partial charge in [-0.3, -0.25) is 9.59 Å².